The zero-order valence-corrected chi connectivity index (χ0v) is 11.4. The molecule has 0 aromatic rings. The predicted molar refractivity (Wildman–Crippen MR) is 69.5 cm³/mol. The lowest BCUT2D eigenvalue weighted by atomic mass is 9.71. The van der Waals surface area contributed by atoms with Crippen molar-refractivity contribution in [3.63, 3.8) is 0 Å². The van der Waals surface area contributed by atoms with Gasteiger partial charge in [0.1, 0.15) is 0 Å². The molecule has 1 atom stereocenters. The van der Waals surface area contributed by atoms with Gasteiger partial charge in [-0.15, -0.1) is 0 Å². The number of aliphatic hydroxyl groups is 1. The van der Waals surface area contributed by atoms with E-state index in [4.69, 9.17) is 5.11 Å². The molecule has 0 heterocycles. The Hall–Kier alpha value is -0.0800. The highest BCUT2D eigenvalue weighted by Crippen LogP contribution is 2.37. The molecule has 1 fully saturated rings. The van der Waals surface area contributed by atoms with Crippen molar-refractivity contribution in [1.29, 1.82) is 0 Å². The molecular weight excluding hydrogens is 198 g/mol. The van der Waals surface area contributed by atoms with Crippen LogP contribution in [0.25, 0.3) is 0 Å². The fourth-order valence-electron chi connectivity index (χ4n) is 2.81. The minimum Gasteiger partial charge on any atom is -0.396 e. The van der Waals surface area contributed by atoms with Crippen LogP contribution in [-0.4, -0.2) is 23.8 Å². The second-order valence-electron chi connectivity index (χ2n) is 6.49. The lowest BCUT2D eigenvalue weighted by Crippen LogP contribution is -2.41. The maximum Gasteiger partial charge on any atom is 0.0445 e. The van der Waals surface area contributed by atoms with Gasteiger partial charge >= 0.3 is 0 Å². The van der Waals surface area contributed by atoms with E-state index in [1.54, 1.807) is 0 Å². The van der Waals surface area contributed by atoms with Crippen LogP contribution >= 0.6 is 0 Å². The maximum absolute atomic E-state index is 8.87. The molecule has 0 aromatic heterocycles. The smallest absolute Gasteiger partial charge is 0.0445 e. The molecular formula is C14H29NO. The molecule has 1 aliphatic rings. The molecule has 0 unspecified atom stereocenters. The van der Waals surface area contributed by atoms with Gasteiger partial charge in [0.2, 0.25) is 0 Å². The standard InChI is InChI=1S/C14H29NO/c1-11(9-10-16)15-13-7-5-12(6-8-13)14(2,3)4/h11-13,15-16H,5-10H2,1-4H3/t11-,12?,13?/m1/s1. The van der Waals surface area contributed by atoms with E-state index >= 15 is 0 Å². The van der Waals surface area contributed by atoms with Crippen LogP contribution in [0.4, 0.5) is 0 Å². The number of nitrogens with one attached hydrogen (secondary N) is 1. The van der Waals surface area contributed by atoms with Gasteiger partial charge in [0.05, 0.1) is 0 Å². The summed E-state index contributed by atoms with van der Waals surface area (Å²) >= 11 is 0. The van der Waals surface area contributed by atoms with E-state index in [0.717, 1.165) is 12.3 Å². The summed E-state index contributed by atoms with van der Waals surface area (Å²) in [6.07, 6.45) is 6.19. The molecule has 1 aliphatic carbocycles. The first-order chi connectivity index (χ1) is 7.43. The molecule has 0 saturated heterocycles. The summed E-state index contributed by atoms with van der Waals surface area (Å²) in [5.74, 6) is 0.888. The van der Waals surface area contributed by atoms with E-state index in [9.17, 15) is 0 Å². The average Bonchev–Trinajstić information content (AvgIpc) is 2.17. The van der Waals surface area contributed by atoms with Gasteiger partial charge in [-0.3, -0.25) is 0 Å². The van der Waals surface area contributed by atoms with Gasteiger partial charge in [-0.05, 0) is 50.4 Å². The number of aliphatic hydroxyl groups excluding tert-OH is 1. The molecule has 0 bridgehead atoms. The van der Waals surface area contributed by atoms with E-state index < -0.39 is 0 Å². The van der Waals surface area contributed by atoms with Gasteiger partial charge < -0.3 is 10.4 Å². The molecule has 1 saturated carbocycles. The fourth-order valence-corrected chi connectivity index (χ4v) is 2.81. The van der Waals surface area contributed by atoms with Crippen molar-refractivity contribution in [3.05, 3.63) is 0 Å². The highest BCUT2D eigenvalue weighted by atomic mass is 16.3. The van der Waals surface area contributed by atoms with Crippen LogP contribution in [0.5, 0.6) is 0 Å². The van der Waals surface area contributed by atoms with Gasteiger partial charge in [0, 0.05) is 18.7 Å². The van der Waals surface area contributed by atoms with E-state index in [1.807, 2.05) is 0 Å². The lowest BCUT2D eigenvalue weighted by molar-refractivity contribution is 0.154. The summed E-state index contributed by atoms with van der Waals surface area (Å²) in [6, 6.07) is 1.14. The number of rotatable bonds is 4. The summed E-state index contributed by atoms with van der Waals surface area (Å²) in [5.41, 5.74) is 0.474. The second-order valence-corrected chi connectivity index (χ2v) is 6.49. The molecule has 96 valence electrons. The number of hydrogen-bond donors (Lipinski definition) is 2. The zero-order chi connectivity index (χ0) is 12.2. The summed E-state index contributed by atoms with van der Waals surface area (Å²) in [6.45, 7) is 9.55. The van der Waals surface area contributed by atoms with Crippen molar-refractivity contribution in [1.82, 2.24) is 5.32 Å². The first-order valence-corrected chi connectivity index (χ1v) is 6.80. The quantitative estimate of drug-likeness (QED) is 0.774. The minimum absolute atomic E-state index is 0.297. The monoisotopic (exact) mass is 227 g/mol. The van der Waals surface area contributed by atoms with E-state index in [1.165, 1.54) is 25.7 Å². The highest BCUT2D eigenvalue weighted by Gasteiger charge is 2.29. The Labute approximate surface area is 101 Å². The van der Waals surface area contributed by atoms with Gasteiger partial charge in [-0.2, -0.15) is 0 Å². The first-order valence-electron chi connectivity index (χ1n) is 6.80. The van der Waals surface area contributed by atoms with E-state index in [0.29, 0.717) is 24.1 Å². The van der Waals surface area contributed by atoms with Gasteiger partial charge in [0.25, 0.3) is 0 Å². The molecule has 2 heteroatoms. The molecule has 0 aliphatic heterocycles. The van der Waals surface area contributed by atoms with Crippen LogP contribution in [-0.2, 0) is 0 Å². The molecule has 2 N–H and O–H groups in total. The Kier molecular flexibility index (Phi) is 5.26. The van der Waals surface area contributed by atoms with Crippen LogP contribution in [0.3, 0.4) is 0 Å². The third kappa shape index (κ3) is 4.42. The van der Waals surface area contributed by atoms with Crippen LogP contribution < -0.4 is 5.32 Å². The third-order valence-corrected chi connectivity index (χ3v) is 4.03. The van der Waals surface area contributed by atoms with Gasteiger partial charge in [-0.25, -0.2) is 0 Å². The van der Waals surface area contributed by atoms with Crippen molar-refractivity contribution < 1.29 is 5.11 Å². The summed E-state index contributed by atoms with van der Waals surface area (Å²) in [7, 11) is 0. The van der Waals surface area contributed by atoms with E-state index in [-0.39, 0.29) is 0 Å². The highest BCUT2D eigenvalue weighted by molar-refractivity contribution is 4.84. The average molecular weight is 227 g/mol. The lowest BCUT2D eigenvalue weighted by Gasteiger charge is -2.38. The summed E-state index contributed by atoms with van der Waals surface area (Å²) in [4.78, 5) is 0. The molecule has 1 rings (SSSR count). The van der Waals surface area contributed by atoms with Crippen molar-refractivity contribution in [2.45, 2.75) is 71.9 Å². The Balaban J connectivity index is 2.27. The zero-order valence-electron chi connectivity index (χ0n) is 11.4. The Bertz CT molecular complexity index is 189. The van der Waals surface area contributed by atoms with Crippen LogP contribution in [0.1, 0.15) is 59.8 Å². The fraction of sp³-hybridized carbons (Fsp3) is 1.00. The molecule has 0 aromatic carbocycles. The van der Waals surface area contributed by atoms with Gasteiger partial charge in [0.15, 0.2) is 0 Å². The molecule has 0 amide bonds. The molecule has 16 heavy (non-hydrogen) atoms. The normalized spacial score (nSPS) is 29.1. The minimum atomic E-state index is 0.297. The Morgan fingerprint density at radius 2 is 1.75 bits per heavy atom. The molecule has 0 radical (unpaired) electrons. The van der Waals surface area contributed by atoms with Crippen LogP contribution in [0.2, 0.25) is 0 Å². The van der Waals surface area contributed by atoms with Crippen LogP contribution in [0, 0.1) is 11.3 Å². The van der Waals surface area contributed by atoms with Crippen molar-refractivity contribution in [2.24, 2.45) is 11.3 Å². The first kappa shape index (κ1) is 14.0. The number of hydrogen-bond acceptors (Lipinski definition) is 2. The van der Waals surface area contributed by atoms with Crippen LogP contribution in [0.15, 0.2) is 0 Å². The Morgan fingerprint density at radius 3 is 2.19 bits per heavy atom. The molecule has 0 spiro atoms. The Morgan fingerprint density at radius 1 is 1.19 bits per heavy atom. The summed E-state index contributed by atoms with van der Waals surface area (Å²) in [5, 5.41) is 12.5. The van der Waals surface area contributed by atoms with Crippen molar-refractivity contribution in [3.8, 4) is 0 Å². The van der Waals surface area contributed by atoms with E-state index in [2.05, 4.69) is 33.0 Å². The summed E-state index contributed by atoms with van der Waals surface area (Å²) < 4.78 is 0. The largest absolute Gasteiger partial charge is 0.396 e. The van der Waals surface area contributed by atoms with Gasteiger partial charge in [-0.1, -0.05) is 20.8 Å². The predicted octanol–water partition coefficient (Wildman–Crippen LogP) is 2.95. The molecule has 2 nitrogen and oxygen atoms in total. The van der Waals surface area contributed by atoms with Crippen molar-refractivity contribution in [2.75, 3.05) is 6.61 Å². The van der Waals surface area contributed by atoms with Crippen molar-refractivity contribution >= 4 is 0 Å². The SMILES string of the molecule is C[C@H](CCO)NC1CCC(C(C)(C)C)CC1. The second kappa shape index (κ2) is 6.02. The third-order valence-electron chi connectivity index (χ3n) is 4.03. The topological polar surface area (TPSA) is 32.3 Å². The maximum atomic E-state index is 8.87.